The van der Waals surface area contributed by atoms with Crippen LogP contribution >= 0.6 is 22.9 Å². The molecule has 4 rings (SSSR count). The fraction of sp³-hybridized carbons (Fsp3) is 0.333. The Labute approximate surface area is 169 Å². The number of carbonyl (C=O) groups is 1. The molecule has 1 unspecified atom stereocenters. The molecule has 1 atom stereocenters. The fourth-order valence-electron chi connectivity index (χ4n) is 2.99. The van der Waals surface area contributed by atoms with Gasteiger partial charge in [0.1, 0.15) is 15.9 Å². The quantitative estimate of drug-likeness (QED) is 0.640. The maximum absolute atomic E-state index is 12.8. The van der Waals surface area contributed by atoms with Gasteiger partial charge in [-0.3, -0.25) is 14.8 Å². The summed E-state index contributed by atoms with van der Waals surface area (Å²) in [7, 11) is -2.09. The van der Waals surface area contributed by atoms with Crippen LogP contribution < -0.4 is 5.32 Å². The molecule has 1 aliphatic heterocycles. The lowest BCUT2D eigenvalue weighted by molar-refractivity contribution is -0.119. The molecule has 148 valence electrons. The summed E-state index contributed by atoms with van der Waals surface area (Å²) >= 11 is 6.81. The van der Waals surface area contributed by atoms with E-state index in [-0.39, 0.29) is 22.7 Å². The highest BCUT2D eigenvalue weighted by molar-refractivity contribution is 7.91. The van der Waals surface area contributed by atoms with Gasteiger partial charge in [0.15, 0.2) is 0 Å². The number of hydrogen-bond acceptors (Lipinski definition) is 8. The van der Waals surface area contributed by atoms with E-state index < -0.39 is 22.0 Å². The van der Waals surface area contributed by atoms with Crippen molar-refractivity contribution in [3.8, 4) is 11.6 Å². The lowest BCUT2D eigenvalue weighted by Crippen LogP contribution is -2.42. The molecule has 1 N–H and O–H groups in total. The molecule has 0 saturated carbocycles. The molecule has 1 saturated heterocycles. The SMILES string of the molecule is Cn1nccc1-c1nnc(NC(=O)C2CCCN2S(=O)(=O)c2ccc(Cl)s2)o1. The number of nitrogens with one attached hydrogen (secondary N) is 1. The van der Waals surface area contributed by atoms with E-state index in [0.29, 0.717) is 22.9 Å². The monoisotopic (exact) mass is 442 g/mol. The summed E-state index contributed by atoms with van der Waals surface area (Å²) in [6.07, 6.45) is 2.54. The van der Waals surface area contributed by atoms with Gasteiger partial charge in [0.2, 0.25) is 5.91 Å². The molecule has 10 nitrogen and oxygen atoms in total. The second-order valence-corrected chi connectivity index (χ2v) is 9.91. The van der Waals surface area contributed by atoms with Crippen LogP contribution in [-0.2, 0) is 21.9 Å². The van der Waals surface area contributed by atoms with E-state index in [1.54, 1.807) is 24.0 Å². The van der Waals surface area contributed by atoms with Gasteiger partial charge in [-0.05, 0) is 31.0 Å². The van der Waals surface area contributed by atoms with Crippen LogP contribution in [0.1, 0.15) is 12.8 Å². The molecule has 4 heterocycles. The number of thiophene rings is 1. The number of amides is 1. The molecule has 13 heteroatoms. The first-order valence-corrected chi connectivity index (χ1v) is 10.9. The second-order valence-electron chi connectivity index (χ2n) is 6.07. The minimum absolute atomic E-state index is 0.105. The van der Waals surface area contributed by atoms with Crippen molar-refractivity contribution >= 4 is 44.9 Å². The van der Waals surface area contributed by atoms with Gasteiger partial charge in [0.05, 0.1) is 4.34 Å². The third kappa shape index (κ3) is 3.43. The zero-order valence-electron chi connectivity index (χ0n) is 14.6. The van der Waals surface area contributed by atoms with Crippen LogP contribution in [0.5, 0.6) is 0 Å². The molecule has 3 aromatic heterocycles. The minimum Gasteiger partial charge on any atom is -0.401 e. The first-order valence-electron chi connectivity index (χ1n) is 8.26. The van der Waals surface area contributed by atoms with Gasteiger partial charge >= 0.3 is 6.01 Å². The smallest absolute Gasteiger partial charge is 0.322 e. The number of sulfonamides is 1. The van der Waals surface area contributed by atoms with Gasteiger partial charge < -0.3 is 4.42 Å². The van der Waals surface area contributed by atoms with Crippen LogP contribution in [0.25, 0.3) is 11.6 Å². The van der Waals surface area contributed by atoms with Gasteiger partial charge in [0, 0.05) is 19.8 Å². The molecule has 0 spiro atoms. The molecule has 0 bridgehead atoms. The van der Waals surface area contributed by atoms with Crippen molar-refractivity contribution in [2.45, 2.75) is 23.1 Å². The van der Waals surface area contributed by atoms with Crippen LogP contribution in [0.3, 0.4) is 0 Å². The van der Waals surface area contributed by atoms with Crippen molar-refractivity contribution in [1.29, 1.82) is 0 Å². The summed E-state index contributed by atoms with van der Waals surface area (Å²) in [5.74, 6) is -0.330. The normalized spacial score (nSPS) is 17.9. The summed E-state index contributed by atoms with van der Waals surface area (Å²) in [6.45, 7) is 0.250. The van der Waals surface area contributed by atoms with Crippen molar-refractivity contribution in [3.05, 3.63) is 28.7 Å². The highest BCUT2D eigenvalue weighted by atomic mass is 35.5. The zero-order chi connectivity index (χ0) is 19.9. The molecule has 1 aliphatic rings. The molecular formula is C15H15ClN6O4S2. The van der Waals surface area contributed by atoms with Crippen LogP contribution in [0.4, 0.5) is 6.01 Å². The maximum Gasteiger partial charge on any atom is 0.322 e. The fourth-order valence-corrected chi connectivity index (χ4v) is 6.26. The topological polar surface area (TPSA) is 123 Å². The van der Waals surface area contributed by atoms with Crippen molar-refractivity contribution in [1.82, 2.24) is 24.3 Å². The standard InChI is InChI=1S/C15H15ClN6O4S2/c1-21-10(6-7-17-21)14-19-20-15(26-14)18-13(23)9-3-2-8-22(9)28(24,25)12-5-4-11(16)27-12/h4-7,9H,2-3,8H2,1H3,(H,18,20,23). The van der Waals surface area contributed by atoms with E-state index >= 15 is 0 Å². The number of halogens is 1. The Bertz CT molecular complexity index is 1120. The second kappa shape index (κ2) is 7.28. The van der Waals surface area contributed by atoms with Crippen LogP contribution in [0.15, 0.2) is 33.0 Å². The number of hydrogen-bond donors (Lipinski definition) is 1. The number of anilines is 1. The Hall–Kier alpha value is -2.28. The molecule has 28 heavy (non-hydrogen) atoms. The largest absolute Gasteiger partial charge is 0.401 e. The Morgan fingerprint density at radius 2 is 2.18 bits per heavy atom. The van der Waals surface area contributed by atoms with Gasteiger partial charge in [0.25, 0.3) is 15.9 Å². The average molecular weight is 443 g/mol. The summed E-state index contributed by atoms with van der Waals surface area (Å²) < 4.78 is 34.4. The lowest BCUT2D eigenvalue weighted by atomic mass is 10.2. The molecule has 1 amide bonds. The van der Waals surface area contributed by atoms with Crippen molar-refractivity contribution in [3.63, 3.8) is 0 Å². The third-order valence-electron chi connectivity index (χ3n) is 4.31. The van der Waals surface area contributed by atoms with Gasteiger partial charge in [-0.2, -0.15) is 9.40 Å². The highest BCUT2D eigenvalue weighted by Gasteiger charge is 2.40. The Balaban J connectivity index is 1.52. The number of nitrogens with zero attached hydrogens (tertiary/aromatic N) is 5. The Kier molecular flexibility index (Phi) is 4.95. The average Bonchev–Trinajstić information content (AvgIpc) is 3.41. The number of rotatable bonds is 5. The number of aryl methyl sites for hydroxylation is 1. The van der Waals surface area contributed by atoms with E-state index in [1.807, 2.05) is 0 Å². The molecule has 3 aromatic rings. The van der Waals surface area contributed by atoms with Crippen LogP contribution in [-0.4, -0.2) is 51.2 Å². The summed E-state index contributed by atoms with van der Waals surface area (Å²) in [6, 6.07) is 3.68. The molecule has 0 aromatic carbocycles. The molecule has 1 fully saturated rings. The van der Waals surface area contributed by atoms with Crippen LogP contribution in [0, 0.1) is 0 Å². The van der Waals surface area contributed by atoms with Crippen molar-refractivity contribution in [2.75, 3.05) is 11.9 Å². The summed E-state index contributed by atoms with van der Waals surface area (Å²) in [5.41, 5.74) is 0.590. The molecular weight excluding hydrogens is 428 g/mol. The number of aromatic nitrogens is 4. The van der Waals surface area contributed by atoms with E-state index in [1.165, 1.54) is 16.4 Å². The Morgan fingerprint density at radius 3 is 2.86 bits per heavy atom. The van der Waals surface area contributed by atoms with Crippen molar-refractivity contribution in [2.24, 2.45) is 7.05 Å². The van der Waals surface area contributed by atoms with E-state index in [2.05, 4.69) is 20.6 Å². The summed E-state index contributed by atoms with van der Waals surface area (Å²) in [5, 5.41) is 14.2. The van der Waals surface area contributed by atoms with Gasteiger partial charge in [-0.1, -0.05) is 16.7 Å². The van der Waals surface area contributed by atoms with E-state index in [4.69, 9.17) is 16.0 Å². The third-order valence-corrected chi connectivity index (χ3v) is 7.92. The predicted octanol–water partition coefficient (Wildman–Crippen LogP) is 1.98. The van der Waals surface area contributed by atoms with Gasteiger partial charge in [-0.15, -0.1) is 16.4 Å². The van der Waals surface area contributed by atoms with Gasteiger partial charge in [-0.25, -0.2) is 8.42 Å². The minimum atomic E-state index is -3.81. The first kappa shape index (κ1) is 19.1. The highest BCUT2D eigenvalue weighted by Crippen LogP contribution is 2.32. The number of carbonyl (C=O) groups excluding carboxylic acids is 1. The van der Waals surface area contributed by atoms with Crippen molar-refractivity contribution < 1.29 is 17.6 Å². The van der Waals surface area contributed by atoms with Crippen LogP contribution in [0.2, 0.25) is 4.34 Å². The predicted molar refractivity (Wildman–Crippen MR) is 101 cm³/mol. The molecule has 0 aliphatic carbocycles. The maximum atomic E-state index is 12.8. The Morgan fingerprint density at radius 1 is 1.36 bits per heavy atom. The lowest BCUT2D eigenvalue weighted by Gasteiger charge is -2.21. The first-order chi connectivity index (χ1) is 13.4. The zero-order valence-corrected chi connectivity index (χ0v) is 17.0. The van der Waals surface area contributed by atoms with E-state index in [9.17, 15) is 13.2 Å². The molecule has 0 radical (unpaired) electrons. The van der Waals surface area contributed by atoms with E-state index in [0.717, 1.165) is 11.3 Å². The summed E-state index contributed by atoms with van der Waals surface area (Å²) in [4.78, 5) is 12.7.